The molecule has 0 unspecified atom stereocenters. The summed E-state index contributed by atoms with van der Waals surface area (Å²) in [4.78, 5) is 23.6. The molecule has 2 heterocycles. The number of carbonyl (C=O) groups is 1. The number of benzene rings is 2. The van der Waals surface area contributed by atoms with Crippen LogP contribution in [-0.2, 0) is 17.8 Å². The molecule has 0 atom stereocenters. The first-order valence-electron chi connectivity index (χ1n) is 9.13. The van der Waals surface area contributed by atoms with Crippen LogP contribution in [0.4, 0.5) is 4.39 Å². The molecule has 1 amide bonds. The van der Waals surface area contributed by atoms with Gasteiger partial charge < -0.3 is 20.6 Å². The largest absolute Gasteiger partial charge is 0.384 e. The van der Waals surface area contributed by atoms with Gasteiger partial charge in [0, 0.05) is 31.6 Å². The number of halogens is 1. The SMILES string of the molecule is CC(=O)NCCn1c(Cc2nc3ccc(C(=N)N)cc3[nH]2)nc2cc(F)ccc21. The van der Waals surface area contributed by atoms with Crippen molar-refractivity contribution < 1.29 is 9.18 Å². The number of rotatable bonds is 6. The van der Waals surface area contributed by atoms with Crippen molar-refractivity contribution in [1.29, 1.82) is 5.41 Å². The number of nitrogen functional groups attached to an aromatic ring is 1. The third kappa shape index (κ3) is 3.79. The van der Waals surface area contributed by atoms with E-state index in [1.54, 1.807) is 24.3 Å². The molecule has 29 heavy (non-hydrogen) atoms. The maximum atomic E-state index is 13.7. The monoisotopic (exact) mass is 393 g/mol. The second-order valence-electron chi connectivity index (χ2n) is 6.80. The van der Waals surface area contributed by atoms with Gasteiger partial charge in [0.15, 0.2) is 0 Å². The smallest absolute Gasteiger partial charge is 0.216 e. The van der Waals surface area contributed by atoms with Gasteiger partial charge >= 0.3 is 0 Å². The first-order chi connectivity index (χ1) is 13.9. The number of hydrogen-bond donors (Lipinski definition) is 4. The Balaban J connectivity index is 1.69. The molecule has 0 aliphatic rings. The third-order valence-corrected chi connectivity index (χ3v) is 4.67. The molecule has 0 aliphatic carbocycles. The van der Waals surface area contributed by atoms with Crippen LogP contribution in [0.5, 0.6) is 0 Å². The number of nitrogens with two attached hydrogens (primary N) is 1. The lowest BCUT2D eigenvalue weighted by Gasteiger charge is -2.09. The molecule has 2 aromatic heterocycles. The number of carbonyl (C=O) groups excluding carboxylic acids is 1. The number of aromatic amines is 1. The number of H-pyrrole nitrogens is 1. The normalized spacial score (nSPS) is 11.2. The highest BCUT2D eigenvalue weighted by Crippen LogP contribution is 2.21. The van der Waals surface area contributed by atoms with Crippen molar-refractivity contribution in [3.63, 3.8) is 0 Å². The van der Waals surface area contributed by atoms with Gasteiger partial charge in [-0.25, -0.2) is 14.4 Å². The molecular formula is C20H20FN7O. The lowest BCUT2D eigenvalue weighted by molar-refractivity contribution is -0.118. The number of fused-ring (bicyclic) bond motifs is 2. The van der Waals surface area contributed by atoms with Crippen molar-refractivity contribution in [2.45, 2.75) is 19.9 Å². The summed E-state index contributed by atoms with van der Waals surface area (Å²) in [5, 5.41) is 10.3. The van der Waals surface area contributed by atoms with Gasteiger partial charge in [-0.15, -0.1) is 0 Å². The minimum absolute atomic E-state index is 0.00941. The lowest BCUT2D eigenvalue weighted by Crippen LogP contribution is -2.25. The quantitative estimate of drug-likeness (QED) is 0.295. The Hall–Kier alpha value is -3.75. The zero-order valence-electron chi connectivity index (χ0n) is 15.8. The predicted octanol–water partition coefficient (Wildman–Crippen LogP) is 2.06. The van der Waals surface area contributed by atoms with Crippen LogP contribution in [-0.4, -0.2) is 37.8 Å². The van der Waals surface area contributed by atoms with Gasteiger partial charge in [-0.3, -0.25) is 10.2 Å². The van der Waals surface area contributed by atoms with Crippen LogP contribution in [0.3, 0.4) is 0 Å². The molecule has 0 aliphatic heterocycles. The van der Waals surface area contributed by atoms with Crippen molar-refractivity contribution in [2.24, 2.45) is 5.73 Å². The van der Waals surface area contributed by atoms with E-state index in [4.69, 9.17) is 11.1 Å². The van der Waals surface area contributed by atoms with Crippen LogP contribution in [0.25, 0.3) is 22.1 Å². The summed E-state index contributed by atoms with van der Waals surface area (Å²) in [6.45, 7) is 2.41. The molecule has 2 aromatic carbocycles. The van der Waals surface area contributed by atoms with Crippen LogP contribution in [0.2, 0.25) is 0 Å². The van der Waals surface area contributed by atoms with E-state index in [0.29, 0.717) is 42.2 Å². The van der Waals surface area contributed by atoms with Crippen LogP contribution in [0.1, 0.15) is 24.1 Å². The lowest BCUT2D eigenvalue weighted by atomic mass is 10.2. The number of nitrogens with zero attached hydrogens (tertiary/aromatic N) is 3. The molecule has 8 nitrogen and oxygen atoms in total. The van der Waals surface area contributed by atoms with E-state index in [1.165, 1.54) is 19.1 Å². The van der Waals surface area contributed by atoms with E-state index >= 15 is 0 Å². The molecule has 0 fully saturated rings. The van der Waals surface area contributed by atoms with E-state index < -0.39 is 0 Å². The Bertz CT molecular complexity index is 1240. The fourth-order valence-electron chi connectivity index (χ4n) is 3.34. The number of aromatic nitrogens is 4. The number of amidine groups is 1. The maximum Gasteiger partial charge on any atom is 0.216 e. The van der Waals surface area contributed by atoms with Gasteiger partial charge in [-0.2, -0.15) is 0 Å². The Morgan fingerprint density at radius 1 is 1.24 bits per heavy atom. The molecule has 0 spiro atoms. The summed E-state index contributed by atoms with van der Waals surface area (Å²) >= 11 is 0. The molecular weight excluding hydrogens is 373 g/mol. The molecule has 0 bridgehead atoms. The first kappa shape index (κ1) is 18.6. The van der Waals surface area contributed by atoms with E-state index in [9.17, 15) is 9.18 Å². The van der Waals surface area contributed by atoms with E-state index in [2.05, 4.69) is 20.3 Å². The average molecular weight is 393 g/mol. The molecule has 0 saturated heterocycles. The Morgan fingerprint density at radius 3 is 2.83 bits per heavy atom. The second kappa shape index (κ2) is 7.34. The van der Waals surface area contributed by atoms with Crippen LogP contribution in [0, 0.1) is 11.2 Å². The molecule has 148 valence electrons. The summed E-state index contributed by atoms with van der Waals surface area (Å²) in [5.41, 5.74) is 9.05. The Morgan fingerprint density at radius 2 is 2.07 bits per heavy atom. The fourth-order valence-corrected chi connectivity index (χ4v) is 3.34. The van der Waals surface area contributed by atoms with E-state index in [-0.39, 0.29) is 17.6 Å². The zero-order chi connectivity index (χ0) is 20.5. The average Bonchev–Trinajstić information content (AvgIpc) is 3.21. The summed E-state index contributed by atoms with van der Waals surface area (Å²) in [6.07, 6.45) is 0.403. The Kier molecular flexibility index (Phi) is 4.71. The predicted molar refractivity (Wildman–Crippen MR) is 108 cm³/mol. The van der Waals surface area contributed by atoms with Crippen molar-refractivity contribution in [3.05, 3.63) is 59.4 Å². The van der Waals surface area contributed by atoms with Crippen molar-refractivity contribution in [1.82, 2.24) is 24.8 Å². The number of hydrogen-bond acceptors (Lipinski definition) is 4. The van der Waals surface area contributed by atoms with Gasteiger partial charge in [0.2, 0.25) is 5.91 Å². The van der Waals surface area contributed by atoms with Crippen LogP contribution >= 0.6 is 0 Å². The van der Waals surface area contributed by atoms with Gasteiger partial charge in [0.25, 0.3) is 0 Å². The highest BCUT2D eigenvalue weighted by molar-refractivity contribution is 5.97. The third-order valence-electron chi connectivity index (χ3n) is 4.67. The van der Waals surface area contributed by atoms with E-state index in [1.807, 2.05) is 4.57 Å². The van der Waals surface area contributed by atoms with Crippen molar-refractivity contribution >= 4 is 33.8 Å². The number of imidazole rings is 2. The van der Waals surface area contributed by atoms with Gasteiger partial charge in [0.1, 0.15) is 23.3 Å². The summed E-state index contributed by atoms with van der Waals surface area (Å²) in [5.74, 6) is 0.931. The molecule has 0 radical (unpaired) electrons. The molecule has 0 saturated carbocycles. The summed E-state index contributed by atoms with van der Waals surface area (Å²) in [7, 11) is 0. The number of nitrogens with one attached hydrogen (secondary N) is 3. The minimum Gasteiger partial charge on any atom is -0.384 e. The zero-order valence-corrected chi connectivity index (χ0v) is 15.8. The molecule has 5 N–H and O–H groups in total. The van der Waals surface area contributed by atoms with Crippen molar-refractivity contribution in [3.8, 4) is 0 Å². The maximum absolute atomic E-state index is 13.7. The topological polar surface area (TPSA) is 125 Å². The summed E-state index contributed by atoms with van der Waals surface area (Å²) < 4.78 is 15.6. The van der Waals surface area contributed by atoms with Gasteiger partial charge in [-0.1, -0.05) is 0 Å². The Labute approximate surface area is 165 Å². The summed E-state index contributed by atoms with van der Waals surface area (Å²) in [6, 6.07) is 9.82. The highest BCUT2D eigenvalue weighted by atomic mass is 19.1. The van der Waals surface area contributed by atoms with Crippen molar-refractivity contribution in [2.75, 3.05) is 6.54 Å². The molecule has 4 aromatic rings. The van der Waals surface area contributed by atoms with Gasteiger partial charge in [-0.05, 0) is 30.3 Å². The van der Waals surface area contributed by atoms with Crippen LogP contribution in [0.15, 0.2) is 36.4 Å². The first-order valence-corrected chi connectivity index (χ1v) is 9.13. The van der Waals surface area contributed by atoms with E-state index in [0.717, 1.165) is 16.6 Å². The molecule has 9 heteroatoms. The molecule has 4 rings (SSSR count). The highest BCUT2D eigenvalue weighted by Gasteiger charge is 2.14. The number of amides is 1. The fraction of sp³-hybridized carbons (Fsp3) is 0.200. The minimum atomic E-state index is -0.351. The second-order valence-corrected chi connectivity index (χ2v) is 6.80. The standard InChI is InChI=1S/C20H20FN7O/c1-11(29)24-6-7-28-17-5-3-13(21)9-16(17)27-19(28)10-18-25-14-4-2-12(20(22)23)8-15(14)26-18/h2-5,8-9H,6-7,10H2,1H3,(H3,22,23)(H,24,29)(H,25,26). The van der Waals surface area contributed by atoms with Gasteiger partial charge in [0.05, 0.1) is 28.5 Å². The van der Waals surface area contributed by atoms with Crippen LogP contribution < -0.4 is 11.1 Å².